The average Bonchev–Trinajstić information content (AvgIpc) is 3.16. The van der Waals surface area contributed by atoms with Crippen molar-refractivity contribution in [2.45, 2.75) is 19.9 Å². The Morgan fingerprint density at radius 2 is 1.91 bits per heavy atom. The van der Waals surface area contributed by atoms with Crippen LogP contribution in [0, 0.1) is 4.77 Å². The molecule has 0 radical (unpaired) electrons. The summed E-state index contributed by atoms with van der Waals surface area (Å²) in [6, 6.07) is 11.7. The SMILES string of the molecule is CCCOc1ccc(C(=O)NNC(=O)Cn2c(-c3ccc(Cl)cc3)n[nH]c2=S)cc1OC. The van der Waals surface area contributed by atoms with E-state index in [4.69, 9.17) is 33.3 Å². The lowest BCUT2D eigenvalue weighted by Gasteiger charge is -2.12. The molecule has 1 heterocycles. The van der Waals surface area contributed by atoms with Crippen LogP contribution in [-0.4, -0.2) is 40.3 Å². The maximum Gasteiger partial charge on any atom is 0.269 e. The minimum absolute atomic E-state index is 0.152. The zero-order chi connectivity index (χ0) is 23.1. The lowest BCUT2D eigenvalue weighted by molar-refractivity contribution is -0.122. The zero-order valence-corrected chi connectivity index (χ0v) is 19.0. The number of carbonyl (C=O) groups is 2. The molecule has 2 amide bonds. The fraction of sp³-hybridized carbons (Fsp3) is 0.238. The third kappa shape index (κ3) is 5.65. The Labute approximate surface area is 194 Å². The molecule has 0 unspecified atom stereocenters. The second-order valence-corrected chi connectivity index (χ2v) is 7.48. The highest BCUT2D eigenvalue weighted by molar-refractivity contribution is 7.71. The summed E-state index contributed by atoms with van der Waals surface area (Å²) in [6.45, 7) is 2.37. The molecule has 168 valence electrons. The lowest BCUT2D eigenvalue weighted by Crippen LogP contribution is -2.43. The molecule has 0 saturated carbocycles. The van der Waals surface area contributed by atoms with Crippen LogP contribution in [0.5, 0.6) is 11.5 Å². The van der Waals surface area contributed by atoms with Gasteiger partial charge in [-0.25, -0.2) is 0 Å². The number of nitrogens with zero attached hydrogens (tertiary/aromatic N) is 2. The summed E-state index contributed by atoms with van der Waals surface area (Å²) in [7, 11) is 1.49. The first-order valence-corrected chi connectivity index (χ1v) is 10.5. The van der Waals surface area contributed by atoms with E-state index in [1.807, 2.05) is 6.92 Å². The van der Waals surface area contributed by atoms with Crippen LogP contribution >= 0.6 is 23.8 Å². The van der Waals surface area contributed by atoms with Gasteiger partial charge < -0.3 is 9.47 Å². The van der Waals surface area contributed by atoms with Crippen molar-refractivity contribution in [1.82, 2.24) is 25.6 Å². The number of nitrogens with one attached hydrogen (secondary N) is 3. The number of benzene rings is 2. The van der Waals surface area contributed by atoms with Crippen LogP contribution in [0.15, 0.2) is 42.5 Å². The summed E-state index contributed by atoms with van der Waals surface area (Å²) in [6.07, 6.45) is 0.845. The molecule has 0 bridgehead atoms. The summed E-state index contributed by atoms with van der Waals surface area (Å²) < 4.78 is 12.6. The lowest BCUT2D eigenvalue weighted by atomic mass is 10.2. The van der Waals surface area contributed by atoms with Gasteiger partial charge in [-0.1, -0.05) is 18.5 Å². The van der Waals surface area contributed by atoms with Gasteiger partial charge in [0.15, 0.2) is 22.1 Å². The molecular formula is C21H22ClN5O4S. The third-order valence-electron chi connectivity index (χ3n) is 4.37. The van der Waals surface area contributed by atoms with E-state index < -0.39 is 11.8 Å². The average molecular weight is 476 g/mol. The maximum atomic E-state index is 12.5. The van der Waals surface area contributed by atoms with Crippen LogP contribution < -0.4 is 20.3 Å². The van der Waals surface area contributed by atoms with E-state index in [1.54, 1.807) is 36.4 Å². The summed E-state index contributed by atoms with van der Waals surface area (Å²) in [4.78, 5) is 24.9. The Morgan fingerprint density at radius 3 is 2.59 bits per heavy atom. The van der Waals surface area contributed by atoms with Gasteiger partial charge in [0.05, 0.1) is 13.7 Å². The van der Waals surface area contributed by atoms with Gasteiger partial charge in [-0.2, -0.15) is 5.10 Å². The van der Waals surface area contributed by atoms with Crippen LogP contribution in [0.25, 0.3) is 11.4 Å². The number of carbonyl (C=O) groups excluding carboxylic acids is 2. The quantitative estimate of drug-likeness (QED) is 0.339. The molecule has 0 aliphatic rings. The number of amides is 2. The van der Waals surface area contributed by atoms with Gasteiger partial charge in [-0.3, -0.25) is 30.1 Å². The van der Waals surface area contributed by atoms with Crippen molar-refractivity contribution < 1.29 is 19.1 Å². The van der Waals surface area contributed by atoms with Crippen molar-refractivity contribution in [1.29, 1.82) is 0 Å². The summed E-state index contributed by atoms with van der Waals surface area (Å²) in [5, 5.41) is 7.42. The van der Waals surface area contributed by atoms with Crippen LogP contribution in [0.2, 0.25) is 5.02 Å². The molecule has 3 N–H and O–H groups in total. The van der Waals surface area contributed by atoms with E-state index in [0.29, 0.717) is 34.5 Å². The first-order chi connectivity index (χ1) is 15.4. The molecular weight excluding hydrogens is 454 g/mol. The minimum Gasteiger partial charge on any atom is -0.493 e. The predicted octanol–water partition coefficient (Wildman–Crippen LogP) is 3.52. The van der Waals surface area contributed by atoms with Gasteiger partial charge in [0, 0.05) is 16.1 Å². The van der Waals surface area contributed by atoms with Crippen molar-refractivity contribution in [3.63, 3.8) is 0 Å². The Morgan fingerprint density at radius 1 is 1.16 bits per heavy atom. The van der Waals surface area contributed by atoms with E-state index >= 15 is 0 Å². The number of methoxy groups -OCH3 is 1. The van der Waals surface area contributed by atoms with Crippen molar-refractivity contribution in [2.24, 2.45) is 0 Å². The highest BCUT2D eigenvalue weighted by Crippen LogP contribution is 2.28. The van der Waals surface area contributed by atoms with Crippen LogP contribution in [-0.2, 0) is 11.3 Å². The van der Waals surface area contributed by atoms with Crippen LogP contribution in [0.4, 0.5) is 0 Å². The van der Waals surface area contributed by atoms with Gasteiger partial charge in [0.1, 0.15) is 6.54 Å². The fourth-order valence-electron chi connectivity index (χ4n) is 2.81. The molecule has 9 nitrogen and oxygen atoms in total. The molecule has 11 heteroatoms. The number of H-pyrrole nitrogens is 1. The zero-order valence-electron chi connectivity index (χ0n) is 17.5. The van der Waals surface area contributed by atoms with E-state index in [2.05, 4.69) is 21.0 Å². The Hall–Kier alpha value is -3.37. The molecule has 0 fully saturated rings. The van der Waals surface area contributed by atoms with E-state index in [-0.39, 0.29) is 11.3 Å². The molecule has 3 rings (SSSR count). The predicted molar refractivity (Wildman–Crippen MR) is 122 cm³/mol. The Bertz CT molecular complexity index is 1160. The molecule has 32 heavy (non-hydrogen) atoms. The van der Waals surface area contributed by atoms with Crippen molar-refractivity contribution >= 4 is 35.6 Å². The Balaban J connectivity index is 1.64. The summed E-state index contributed by atoms with van der Waals surface area (Å²) >= 11 is 11.2. The number of aromatic amines is 1. The van der Waals surface area contributed by atoms with Gasteiger partial charge in [0.25, 0.3) is 11.8 Å². The number of halogens is 1. The number of ether oxygens (including phenoxy) is 2. The second kappa shape index (κ2) is 10.8. The van der Waals surface area contributed by atoms with Gasteiger partial charge in [-0.05, 0) is 61.1 Å². The maximum absolute atomic E-state index is 12.5. The highest BCUT2D eigenvalue weighted by Gasteiger charge is 2.15. The topological polar surface area (TPSA) is 110 Å². The normalized spacial score (nSPS) is 10.5. The van der Waals surface area contributed by atoms with Gasteiger partial charge >= 0.3 is 0 Å². The smallest absolute Gasteiger partial charge is 0.269 e. The molecule has 0 aliphatic carbocycles. The van der Waals surface area contributed by atoms with E-state index in [0.717, 1.165) is 12.0 Å². The van der Waals surface area contributed by atoms with Gasteiger partial charge in [0.2, 0.25) is 0 Å². The number of hydrogen-bond acceptors (Lipinski definition) is 6. The molecule has 0 atom stereocenters. The Kier molecular flexibility index (Phi) is 7.85. The summed E-state index contributed by atoms with van der Waals surface area (Å²) in [5.74, 6) is 0.447. The standard InChI is InChI=1S/C21H22ClN5O4S/c1-3-10-31-16-9-6-14(11-17(16)30-2)20(29)25-23-18(28)12-27-19(24-26-21(27)32)13-4-7-15(22)8-5-13/h4-9,11H,3,10,12H2,1-2H3,(H,23,28)(H,25,29)(H,26,32). The van der Waals surface area contributed by atoms with Crippen molar-refractivity contribution in [3.8, 4) is 22.9 Å². The van der Waals surface area contributed by atoms with Gasteiger partial charge in [-0.15, -0.1) is 0 Å². The van der Waals surface area contributed by atoms with Crippen LogP contribution in [0.3, 0.4) is 0 Å². The fourth-order valence-corrected chi connectivity index (χ4v) is 3.13. The van der Waals surface area contributed by atoms with E-state index in [1.165, 1.54) is 17.7 Å². The molecule has 1 aromatic heterocycles. The first-order valence-electron chi connectivity index (χ1n) is 9.74. The van der Waals surface area contributed by atoms with E-state index in [9.17, 15) is 9.59 Å². The van der Waals surface area contributed by atoms with Crippen LogP contribution in [0.1, 0.15) is 23.7 Å². The highest BCUT2D eigenvalue weighted by atomic mass is 35.5. The monoisotopic (exact) mass is 475 g/mol. The molecule has 0 spiro atoms. The number of hydrazine groups is 1. The minimum atomic E-state index is -0.507. The largest absolute Gasteiger partial charge is 0.493 e. The molecule has 3 aromatic rings. The van der Waals surface area contributed by atoms with Crippen molar-refractivity contribution in [2.75, 3.05) is 13.7 Å². The number of rotatable bonds is 8. The number of aromatic nitrogens is 3. The third-order valence-corrected chi connectivity index (χ3v) is 4.93. The van der Waals surface area contributed by atoms with Crippen molar-refractivity contribution in [3.05, 3.63) is 57.8 Å². The second-order valence-electron chi connectivity index (χ2n) is 6.66. The first kappa shape index (κ1) is 23.3. The molecule has 2 aromatic carbocycles. The molecule has 0 saturated heterocycles. The molecule has 0 aliphatic heterocycles. The summed E-state index contributed by atoms with van der Waals surface area (Å²) in [5.41, 5.74) is 5.79. The number of hydrogen-bond donors (Lipinski definition) is 3.